The molecule has 94 valence electrons. The van der Waals surface area contributed by atoms with Crippen LogP contribution in [0.2, 0.25) is 0 Å². The molecule has 0 amide bonds. The van der Waals surface area contributed by atoms with Crippen LogP contribution in [0.3, 0.4) is 0 Å². The van der Waals surface area contributed by atoms with Gasteiger partial charge in [-0.3, -0.25) is 0 Å². The average Bonchev–Trinajstić information content (AvgIpc) is 2.38. The minimum Gasteiger partial charge on any atom is -0.466 e. The van der Waals surface area contributed by atoms with Gasteiger partial charge >= 0.3 is 5.97 Å². The SMILES string of the molecule is COC(=O)C1=C(C)NC(=S)CC1c1ccccc1. The van der Waals surface area contributed by atoms with Crippen molar-refractivity contribution in [2.24, 2.45) is 0 Å². The van der Waals surface area contributed by atoms with E-state index >= 15 is 0 Å². The number of ether oxygens (including phenoxy) is 1. The largest absolute Gasteiger partial charge is 0.466 e. The average molecular weight is 261 g/mol. The van der Waals surface area contributed by atoms with Gasteiger partial charge in [-0.05, 0) is 12.5 Å². The van der Waals surface area contributed by atoms with Crippen LogP contribution in [0, 0.1) is 0 Å². The molecule has 0 aliphatic carbocycles. The van der Waals surface area contributed by atoms with Crippen molar-refractivity contribution in [2.45, 2.75) is 19.3 Å². The first-order valence-corrected chi connectivity index (χ1v) is 6.18. The third kappa shape index (κ3) is 2.43. The number of methoxy groups -OCH3 is 1. The number of nitrogens with one attached hydrogen (secondary N) is 1. The van der Waals surface area contributed by atoms with Crippen LogP contribution in [-0.4, -0.2) is 18.1 Å². The lowest BCUT2D eigenvalue weighted by atomic mass is 9.85. The smallest absolute Gasteiger partial charge is 0.336 e. The summed E-state index contributed by atoms with van der Waals surface area (Å²) in [6.45, 7) is 1.85. The van der Waals surface area contributed by atoms with Crippen molar-refractivity contribution < 1.29 is 9.53 Å². The highest BCUT2D eigenvalue weighted by molar-refractivity contribution is 7.80. The molecular weight excluding hydrogens is 246 g/mol. The first-order chi connectivity index (χ1) is 8.63. The monoisotopic (exact) mass is 261 g/mol. The summed E-state index contributed by atoms with van der Waals surface area (Å²) in [4.78, 5) is 12.7. The molecule has 1 heterocycles. The lowest BCUT2D eigenvalue weighted by Gasteiger charge is -2.27. The topological polar surface area (TPSA) is 38.3 Å². The van der Waals surface area contributed by atoms with Gasteiger partial charge < -0.3 is 10.1 Å². The Kier molecular flexibility index (Phi) is 3.77. The molecule has 3 nitrogen and oxygen atoms in total. The first-order valence-electron chi connectivity index (χ1n) is 5.77. The van der Waals surface area contributed by atoms with Gasteiger partial charge in [0.05, 0.1) is 17.7 Å². The van der Waals surface area contributed by atoms with Crippen LogP contribution in [-0.2, 0) is 9.53 Å². The van der Waals surface area contributed by atoms with E-state index in [0.717, 1.165) is 16.2 Å². The standard InChI is InChI=1S/C14H15NO2S/c1-9-13(14(16)17-2)11(8-12(18)15-9)10-6-4-3-5-7-10/h3-7,11H,8H2,1-2H3,(H,15,18). The highest BCUT2D eigenvalue weighted by Gasteiger charge is 2.30. The van der Waals surface area contributed by atoms with Crippen LogP contribution in [0.25, 0.3) is 0 Å². The number of hydrogen-bond acceptors (Lipinski definition) is 3. The predicted molar refractivity (Wildman–Crippen MR) is 74.2 cm³/mol. The number of allylic oxidation sites excluding steroid dienone is 1. The molecule has 18 heavy (non-hydrogen) atoms. The number of carbonyl (C=O) groups is 1. The Morgan fingerprint density at radius 2 is 2.06 bits per heavy atom. The molecule has 1 N–H and O–H groups in total. The van der Waals surface area contributed by atoms with Crippen molar-refractivity contribution in [3.05, 3.63) is 47.2 Å². The maximum Gasteiger partial charge on any atom is 0.336 e. The molecule has 2 rings (SSSR count). The van der Waals surface area contributed by atoms with Crippen molar-refractivity contribution in [3.63, 3.8) is 0 Å². The van der Waals surface area contributed by atoms with E-state index in [2.05, 4.69) is 5.32 Å². The van der Waals surface area contributed by atoms with Crippen LogP contribution < -0.4 is 5.32 Å². The predicted octanol–water partition coefficient (Wildman–Crippen LogP) is 2.54. The molecule has 0 aromatic heterocycles. The Morgan fingerprint density at radius 1 is 1.39 bits per heavy atom. The number of thiocarbonyl (C=S) groups is 1. The van der Waals surface area contributed by atoms with E-state index in [4.69, 9.17) is 17.0 Å². The minimum atomic E-state index is -0.295. The molecule has 4 heteroatoms. The van der Waals surface area contributed by atoms with Crippen LogP contribution in [0.5, 0.6) is 0 Å². The summed E-state index contributed by atoms with van der Waals surface area (Å²) in [5.41, 5.74) is 2.53. The molecule has 0 radical (unpaired) electrons. The second kappa shape index (κ2) is 5.31. The van der Waals surface area contributed by atoms with Gasteiger partial charge in [0, 0.05) is 18.0 Å². The summed E-state index contributed by atoms with van der Waals surface area (Å²) in [6.07, 6.45) is 0.640. The maximum atomic E-state index is 11.9. The highest BCUT2D eigenvalue weighted by atomic mass is 32.1. The summed E-state index contributed by atoms with van der Waals surface area (Å²) < 4.78 is 4.87. The Balaban J connectivity index is 2.46. The van der Waals surface area contributed by atoms with E-state index in [-0.39, 0.29) is 11.9 Å². The van der Waals surface area contributed by atoms with Gasteiger partial charge in [0.25, 0.3) is 0 Å². The van der Waals surface area contributed by atoms with Crippen LogP contribution in [0.15, 0.2) is 41.6 Å². The van der Waals surface area contributed by atoms with Gasteiger partial charge in [0.1, 0.15) is 0 Å². The summed E-state index contributed by atoms with van der Waals surface area (Å²) in [7, 11) is 1.40. The van der Waals surface area contributed by atoms with Crippen molar-refractivity contribution in [2.75, 3.05) is 7.11 Å². The van der Waals surface area contributed by atoms with Crippen molar-refractivity contribution in [1.29, 1.82) is 0 Å². The summed E-state index contributed by atoms with van der Waals surface area (Å²) in [6, 6.07) is 9.90. The summed E-state index contributed by atoms with van der Waals surface area (Å²) in [5, 5.41) is 3.05. The van der Waals surface area contributed by atoms with Crippen LogP contribution in [0.1, 0.15) is 24.8 Å². The lowest BCUT2D eigenvalue weighted by Crippen LogP contribution is -2.32. The Hall–Kier alpha value is -1.68. The highest BCUT2D eigenvalue weighted by Crippen LogP contribution is 2.33. The molecule has 0 spiro atoms. The van der Waals surface area contributed by atoms with Crippen molar-refractivity contribution in [1.82, 2.24) is 5.32 Å². The third-order valence-electron chi connectivity index (χ3n) is 3.08. The minimum absolute atomic E-state index is 0.0209. The number of benzene rings is 1. The van der Waals surface area contributed by atoms with E-state index in [9.17, 15) is 4.79 Å². The third-order valence-corrected chi connectivity index (χ3v) is 3.34. The van der Waals surface area contributed by atoms with Gasteiger partial charge in [-0.1, -0.05) is 42.5 Å². The molecular formula is C14H15NO2S. The second-order valence-corrected chi connectivity index (χ2v) is 4.74. The first kappa shape index (κ1) is 12.8. The van der Waals surface area contributed by atoms with Gasteiger partial charge in [-0.25, -0.2) is 4.79 Å². The van der Waals surface area contributed by atoms with Crippen LogP contribution >= 0.6 is 12.2 Å². The lowest BCUT2D eigenvalue weighted by molar-refractivity contribution is -0.136. The normalized spacial score (nSPS) is 19.4. The Bertz CT molecular complexity index is 508. The molecule has 1 aliphatic heterocycles. The molecule has 1 unspecified atom stereocenters. The van der Waals surface area contributed by atoms with E-state index in [1.165, 1.54) is 7.11 Å². The maximum absolute atomic E-state index is 11.9. The summed E-state index contributed by atoms with van der Waals surface area (Å²) >= 11 is 5.24. The van der Waals surface area contributed by atoms with Gasteiger partial charge in [0.15, 0.2) is 0 Å². The number of carbonyl (C=O) groups excluding carboxylic acids is 1. The molecule has 0 bridgehead atoms. The second-order valence-electron chi connectivity index (χ2n) is 4.25. The fourth-order valence-electron chi connectivity index (χ4n) is 2.25. The number of rotatable bonds is 2. The fourth-order valence-corrected chi connectivity index (χ4v) is 2.57. The molecule has 1 aromatic rings. The molecule has 1 aliphatic rings. The zero-order chi connectivity index (χ0) is 13.1. The molecule has 0 fully saturated rings. The Labute approximate surface area is 112 Å². The van der Waals surface area contributed by atoms with E-state index in [1.807, 2.05) is 37.3 Å². The zero-order valence-electron chi connectivity index (χ0n) is 10.4. The molecule has 1 atom stereocenters. The Morgan fingerprint density at radius 3 is 2.67 bits per heavy atom. The quantitative estimate of drug-likeness (QED) is 0.656. The van der Waals surface area contributed by atoms with E-state index in [1.54, 1.807) is 0 Å². The van der Waals surface area contributed by atoms with Gasteiger partial charge in [-0.2, -0.15) is 0 Å². The van der Waals surface area contributed by atoms with Crippen molar-refractivity contribution >= 4 is 23.2 Å². The van der Waals surface area contributed by atoms with Crippen LogP contribution in [0.4, 0.5) is 0 Å². The fraction of sp³-hybridized carbons (Fsp3) is 0.286. The molecule has 0 saturated carbocycles. The zero-order valence-corrected chi connectivity index (χ0v) is 11.2. The molecule has 1 aromatic carbocycles. The van der Waals surface area contributed by atoms with Crippen molar-refractivity contribution in [3.8, 4) is 0 Å². The van der Waals surface area contributed by atoms with Gasteiger partial charge in [0.2, 0.25) is 0 Å². The van der Waals surface area contributed by atoms with Gasteiger partial charge in [-0.15, -0.1) is 0 Å². The number of esters is 1. The number of hydrogen-bond donors (Lipinski definition) is 1. The van der Waals surface area contributed by atoms with E-state index < -0.39 is 0 Å². The molecule has 0 saturated heterocycles. The van der Waals surface area contributed by atoms with E-state index in [0.29, 0.717) is 12.0 Å². The summed E-state index contributed by atoms with van der Waals surface area (Å²) in [5.74, 6) is -0.316.